The van der Waals surface area contributed by atoms with E-state index in [4.69, 9.17) is 9.47 Å². The number of hydrogen-bond donors (Lipinski definition) is 2. The van der Waals surface area contributed by atoms with Gasteiger partial charge in [-0.2, -0.15) is 0 Å². The van der Waals surface area contributed by atoms with Crippen molar-refractivity contribution in [1.82, 2.24) is 15.5 Å². The Hall–Kier alpha value is -2.44. The number of methoxy groups -OCH3 is 2. The third kappa shape index (κ3) is 5.55. The number of hydrogen-bond acceptors (Lipinski definition) is 4. The van der Waals surface area contributed by atoms with Gasteiger partial charge in [-0.25, -0.2) is 4.99 Å². The predicted octanol–water partition coefficient (Wildman–Crippen LogP) is 2.06. The van der Waals surface area contributed by atoms with E-state index in [1.54, 1.807) is 33.2 Å². The van der Waals surface area contributed by atoms with Crippen LogP contribution in [0.2, 0.25) is 0 Å². The van der Waals surface area contributed by atoms with Gasteiger partial charge in [-0.3, -0.25) is 4.79 Å². The van der Waals surface area contributed by atoms with Gasteiger partial charge in [0.15, 0.2) is 17.5 Å². The van der Waals surface area contributed by atoms with E-state index in [2.05, 4.69) is 15.6 Å². The van der Waals surface area contributed by atoms with Gasteiger partial charge in [0.05, 0.1) is 14.2 Å². The molecule has 2 N–H and O–H groups in total. The lowest BCUT2D eigenvalue weighted by Gasteiger charge is -2.25. The van der Waals surface area contributed by atoms with Gasteiger partial charge in [0.25, 0.3) is 0 Å². The number of likely N-dealkylation sites (N-methyl/N-ethyl adjacent to an activating group) is 1. The number of nitrogens with zero attached hydrogens (tertiary/aromatic N) is 2. The van der Waals surface area contributed by atoms with Gasteiger partial charge < -0.3 is 25.0 Å². The minimum Gasteiger partial charge on any atom is -0.493 e. The van der Waals surface area contributed by atoms with Crippen LogP contribution in [0.5, 0.6) is 11.5 Å². The Morgan fingerprint density at radius 1 is 1.17 bits per heavy atom. The van der Waals surface area contributed by atoms with Gasteiger partial charge in [-0.1, -0.05) is 12.5 Å². The second-order valence-corrected chi connectivity index (χ2v) is 8.24. The Balaban J connectivity index is 1.58. The number of aliphatic imine (C=N–C) groups is 1. The van der Waals surface area contributed by atoms with E-state index >= 15 is 0 Å². The number of amides is 1. The zero-order valence-electron chi connectivity index (χ0n) is 18.0. The molecule has 3 rings (SSSR count). The van der Waals surface area contributed by atoms with Crippen LogP contribution in [-0.4, -0.2) is 64.2 Å². The fourth-order valence-corrected chi connectivity index (χ4v) is 4.40. The van der Waals surface area contributed by atoms with Gasteiger partial charge >= 0.3 is 0 Å². The summed E-state index contributed by atoms with van der Waals surface area (Å²) < 4.78 is 10.7. The smallest absolute Gasteiger partial charge is 0.243 e. The molecule has 160 valence electrons. The van der Waals surface area contributed by atoms with Gasteiger partial charge in [-0.15, -0.1) is 0 Å². The monoisotopic (exact) mass is 402 g/mol. The van der Waals surface area contributed by atoms with Crippen LogP contribution in [-0.2, 0) is 11.2 Å². The molecule has 0 aliphatic heterocycles. The van der Waals surface area contributed by atoms with Crippen molar-refractivity contribution in [3.05, 3.63) is 23.8 Å². The van der Waals surface area contributed by atoms with Crippen LogP contribution < -0.4 is 20.1 Å². The standard InChI is InChI=1S/C22H34N4O3/c1-26(2)21(27)14-24-22(25-18-12-16-5-7-17(18)11-16)23-10-9-15-6-8-19(28-3)20(13-15)29-4/h6,8,13,16-18H,5,7,9-12,14H2,1-4H3,(H2,23,24,25). The van der Waals surface area contributed by atoms with Crippen molar-refractivity contribution in [2.45, 2.75) is 38.1 Å². The zero-order chi connectivity index (χ0) is 20.8. The highest BCUT2D eigenvalue weighted by atomic mass is 16.5. The number of guanidine groups is 1. The first-order chi connectivity index (χ1) is 14.0. The first-order valence-electron chi connectivity index (χ1n) is 10.5. The maximum Gasteiger partial charge on any atom is 0.243 e. The Labute approximate surface area is 173 Å². The molecular weight excluding hydrogens is 368 g/mol. The number of fused-ring (bicyclic) bond motifs is 2. The molecule has 1 aromatic carbocycles. The molecule has 29 heavy (non-hydrogen) atoms. The second kappa shape index (κ2) is 9.85. The highest BCUT2D eigenvalue weighted by Crippen LogP contribution is 2.44. The quantitative estimate of drug-likeness (QED) is 0.514. The molecule has 3 atom stereocenters. The van der Waals surface area contributed by atoms with Crippen molar-refractivity contribution in [2.75, 3.05) is 41.4 Å². The summed E-state index contributed by atoms with van der Waals surface area (Å²) >= 11 is 0. The number of benzene rings is 1. The van der Waals surface area contributed by atoms with Crippen LogP contribution in [0.1, 0.15) is 31.2 Å². The lowest BCUT2D eigenvalue weighted by Crippen LogP contribution is -2.46. The second-order valence-electron chi connectivity index (χ2n) is 8.24. The molecule has 2 bridgehead atoms. The molecule has 0 radical (unpaired) electrons. The Morgan fingerprint density at radius 3 is 2.59 bits per heavy atom. The Bertz CT molecular complexity index is 735. The molecule has 1 amide bonds. The fraction of sp³-hybridized carbons (Fsp3) is 0.636. The van der Waals surface area contributed by atoms with Crippen molar-refractivity contribution in [3.8, 4) is 11.5 Å². The number of carbonyl (C=O) groups is 1. The highest BCUT2D eigenvalue weighted by Gasteiger charge is 2.39. The van der Waals surface area contributed by atoms with Crippen LogP contribution in [0.15, 0.2) is 23.2 Å². The van der Waals surface area contributed by atoms with Crippen molar-refractivity contribution in [1.29, 1.82) is 0 Å². The largest absolute Gasteiger partial charge is 0.493 e. The van der Waals surface area contributed by atoms with Crippen LogP contribution >= 0.6 is 0 Å². The molecule has 0 heterocycles. The molecule has 2 aliphatic rings. The third-order valence-corrected chi connectivity index (χ3v) is 6.09. The summed E-state index contributed by atoms with van der Waals surface area (Å²) in [4.78, 5) is 18.1. The van der Waals surface area contributed by atoms with E-state index in [9.17, 15) is 4.79 Å². The van der Waals surface area contributed by atoms with E-state index in [-0.39, 0.29) is 12.5 Å². The molecule has 3 unspecified atom stereocenters. The van der Waals surface area contributed by atoms with Crippen molar-refractivity contribution in [2.24, 2.45) is 16.8 Å². The number of nitrogens with one attached hydrogen (secondary N) is 2. The first kappa shape index (κ1) is 21.3. The molecular formula is C22H34N4O3. The topological polar surface area (TPSA) is 75.2 Å². The van der Waals surface area contributed by atoms with E-state index < -0.39 is 0 Å². The average Bonchev–Trinajstić information content (AvgIpc) is 3.34. The van der Waals surface area contributed by atoms with Crippen molar-refractivity contribution >= 4 is 11.9 Å². The summed E-state index contributed by atoms with van der Waals surface area (Å²) in [6, 6.07) is 6.43. The Kier molecular flexibility index (Phi) is 7.23. The van der Waals surface area contributed by atoms with E-state index in [1.807, 2.05) is 18.2 Å². The minimum atomic E-state index is -0.000988. The summed E-state index contributed by atoms with van der Waals surface area (Å²) in [7, 11) is 6.79. The summed E-state index contributed by atoms with van der Waals surface area (Å²) in [6.45, 7) is 0.873. The van der Waals surface area contributed by atoms with E-state index in [0.29, 0.717) is 6.04 Å². The van der Waals surface area contributed by atoms with Gasteiger partial charge in [0.1, 0.15) is 6.54 Å². The molecule has 2 aliphatic carbocycles. The zero-order valence-corrected chi connectivity index (χ0v) is 18.0. The van der Waals surface area contributed by atoms with Crippen LogP contribution in [0.25, 0.3) is 0 Å². The number of carbonyl (C=O) groups excluding carboxylic acids is 1. The molecule has 7 heteroatoms. The first-order valence-corrected chi connectivity index (χ1v) is 10.5. The van der Waals surface area contributed by atoms with Crippen LogP contribution in [0.3, 0.4) is 0 Å². The third-order valence-electron chi connectivity index (χ3n) is 6.09. The average molecular weight is 403 g/mol. The molecule has 0 aromatic heterocycles. The molecule has 7 nitrogen and oxygen atoms in total. The summed E-state index contributed by atoms with van der Waals surface area (Å²) in [6.07, 6.45) is 6.02. The SMILES string of the molecule is COc1ccc(CCNC(=NCC(=O)N(C)C)NC2CC3CCC2C3)cc1OC. The maximum atomic E-state index is 12.0. The van der Waals surface area contributed by atoms with Crippen molar-refractivity contribution < 1.29 is 14.3 Å². The van der Waals surface area contributed by atoms with Crippen LogP contribution in [0, 0.1) is 11.8 Å². The summed E-state index contributed by atoms with van der Waals surface area (Å²) in [5.74, 6) is 3.79. The van der Waals surface area contributed by atoms with Crippen molar-refractivity contribution in [3.63, 3.8) is 0 Å². The lowest BCUT2D eigenvalue weighted by atomic mass is 9.95. The molecule has 2 saturated carbocycles. The summed E-state index contributed by atoms with van der Waals surface area (Å²) in [5, 5.41) is 7.00. The molecule has 2 fully saturated rings. The highest BCUT2D eigenvalue weighted by molar-refractivity contribution is 5.85. The molecule has 0 saturated heterocycles. The van der Waals surface area contributed by atoms with Gasteiger partial charge in [-0.05, 0) is 55.2 Å². The van der Waals surface area contributed by atoms with Crippen LogP contribution in [0.4, 0.5) is 0 Å². The molecule has 1 aromatic rings. The fourth-order valence-electron chi connectivity index (χ4n) is 4.40. The summed E-state index contributed by atoms with van der Waals surface area (Å²) in [5.41, 5.74) is 1.15. The Morgan fingerprint density at radius 2 is 1.97 bits per heavy atom. The lowest BCUT2D eigenvalue weighted by molar-refractivity contribution is -0.127. The number of rotatable bonds is 8. The predicted molar refractivity (Wildman–Crippen MR) is 115 cm³/mol. The minimum absolute atomic E-state index is 0.000988. The van der Waals surface area contributed by atoms with Gasteiger partial charge in [0.2, 0.25) is 5.91 Å². The van der Waals surface area contributed by atoms with Gasteiger partial charge in [0, 0.05) is 26.7 Å². The normalized spacial score (nSPS) is 23.0. The maximum absolute atomic E-state index is 12.0. The molecule has 0 spiro atoms. The van der Waals surface area contributed by atoms with E-state index in [0.717, 1.165) is 47.8 Å². The number of ether oxygens (including phenoxy) is 2. The van der Waals surface area contributed by atoms with E-state index in [1.165, 1.54) is 25.7 Å².